The Bertz CT molecular complexity index is 468. The molecule has 0 aliphatic carbocycles. The molecule has 2 N–H and O–H groups in total. The third-order valence-electron chi connectivity index (χ3n) is 1.63. The third-order valence-corrected chi connectivity index (χ3v) is 2.62. The van der Waals surface area contributed by atoms with Crippen LogP contribution in [0.3, 0.4) is 0 Å². The Labute approximate surface area is 103 Å². The van der Waals surface area contributed by atoms with Gasteiger partial charge in [-0.25, -0.2) is 9.67 Å². The maximum absolute atomic E-state index is 5.81. The summed E-state index contributed by atoms with van der Waals surface area (Å²) in [6, 6.07) is 1.80. The van der Waals surface area contributed by atoms with Crippen LogP contribution in [-0.2, 0) is 0 Å². The van der Waals surface area contributed by atoms with Gasteiger partial charge in [0.2, 0.25) is 0 Å². The Kier molecular flexibility index (Phi) is 2.73. The lowest BCUT2D eigenvalue weighted by Gasteiger charge is -2.03. The van der Waals surface area contributed by atoms with Crippen LogP contribution < -0.4 is 5.73 Å². The summed E-state index contributed by atoms with van der Waals surface area (Å²) in [5.74, 6) is 0.649. The van der Waals surface area contributed by atoms with Crippen LogP contribution in [0.4, 0.5) is 5.69 Å². The number of halogens is 2. The van der Waals surface area contributed by atoms with Gasteiger partial charge in [-0.3, -0.25) is 0 Å². The van der Waals surface area contributed by atoms with Crippen LogP contribution in [0.25, 0.3) is 5.82 Å². The van der Waals surface area contributed by atoms with Gasteiger partial charge in [0, 0.05) is 16.9 Å². The summed E-state index contributed by atoms with van der Waals surface area (Å²) in [4.78, 5) is 4.19. The Balaban J connectivity index is 2.52. The van der Waals surface area contributed by atoms with E-state index in [1.807, 2.05) is 6.20 Å². The van der Waals surface area contributed by atoms with E-state index in [1.54, 1.807) is 23.1 Å². The van der Waals surface area contributed by atoms with Crippen molar-refractivity contribution in [3.05, 3.63) is 32.7 Å². The molecule has 0 saturated heterocycles. The molecule has 2 rings (SSSR count). The number of nitrogens with zero attached hydrogens (tertiary/aromatic N) is 3. The van der Waals surface area contributed by atoms with Crippen LogP contribution in [0.5, 0.6) is 0 Å². The van der Waals surface area contributed by atoms with Gasteiger partial charge in [0.25, 0.3) is 0 Å². The molecule has 14 heavy (non-hydrogen) atoms. The fraction of sp³-hybridized carbons (Fsp3) is 0. The van der Waals surface area contributed by atoms with Crippen molar-refractivity contribution in [1.29, 1.82) is 0 Å². The molecule has 72 valence electrons. The van der Waals surface area contributed by atoms with Crippen molar-refractivity contribution in [1.82, 2.24) is 14.8 Å². The highest BCUT2D eigenvalue weighted by Gasteiger charge is 2.04. The zero-order valence-corrected chi connectivity index (χ0v) is 10.7. The van der Waals surface area contributed by atoms with Crippen molar-refractivity contribution < 1.29 is 0 Å². The molecule has 0 saturated carbocycles. The monoisotopic (exact) mass is 364 g/mol. The molecule has 0 atom stereocenters. The number of hydrogen-bond acceptors (Lipinski definition) is 3. The predicted octanol–water partition coefficient (Wildman–Crippen LogP) is 2.22. The Hall–Kier alpha value is -0.630. The Morgan fingerprint density at radius 2 is 2.21 bits per heavy atom. The molecule has 6 heteroatoms. The summed E-state index contributed by atoms with van der Waals surface area (Å²) in [5.41, 5.74) is 6.40. The highest BCUT2D eigenvalue weighted by molar-refractivity contribution is 14.1. The average Bonchev–Trinajstić information content (AvgIpc) is 2.51. The molecule has 0 bridgehead atoms. The van der Waals surface area contributed by atoms with Gasteiger partial charge in [-0.15, -0.1) is 0 Å². The molecule has 0 amide bonds. The number of nitrogens with two attached hydrogens (primary N) is 1. The van der Waals surface area contributed by atoms with E-state index in [0.29, 0.717) is 11.5 Å². The zero-order chi connectivity index (χ0) is 10.1. The second-order valence-corrected chi connectivity index (χ2v) is 4.83. The van der Waals surface area contributed by atoms with E-state index in [2.05, 4.69) is 48.6 Å². The summed E-state index contributed by atoms with van der Waals surface area (Å²) in [6.45, 7) is 0. The third kappa shape index (κ3) is 1.90. The first kappa shape index (κ1) is 9.91. The first-order valence-corrected chi connectivity index (χ1v) is 5.65. The summed E-state index contributed by atoms with van der Waals surface area (Å²) in [5, 5.41) is 4.13. The number of anilines is 1. The molecule has 0 spiro atoms. The average molecular weight is 365 g/mol. The van der Waals surface area contributed by atoms with Gasteiger partial charge in [0.1, 0.15) is 0 Å². The lowest BCUT2D eigenvalue weighted by Crippen LogP contribution is -2.02. The van der Waals surface area contributed by atoms with Gasteiger partial charge in [-0.05, 0) is 44.6 Å². The van der Waals surface area contributed by atoms with Crippen LogP contribution in [0, 0.1) is 3.57 Å². The van der Waals surface area contributed by atoms with Gasteiger partial charge in [-0.2, -0.15) is 5.10 Å². The van der Waals surface area contributed by atoms with Crippen molar-refractivity contribution in [2.45, 2.75) is 0 Å². The molecule has 0 aliphatic heterocycles. The molecule has 0 aromatic carbocycles. The van der Waals surface area contributed by atoms with E-state index in [4.69, 9.17) is 5.73 Å². The molecule has 0 fully saturated rings. The van der Waals surface area contributed by atoms with Crippen LogP contribution in [0.1, 0.15) is 0 Å². The smallest absolute Gasteiger partial charge is 0.176 e. The largest absolute Gasteiger partial charge is 0.396 e. The predicted molar refractivity (Wildman–Crippen MR) is 66.2 cm³/mol. The van der Waals surface area contributed by atoms with E-state index in [9.17, 15) is 0 Å². The molecule has 0 aliphatic rings. The van der Waals surface area contributed by atoms with Gasteiger partial charge in [0.15, 0.2) is 5.82 Å². The molecular weight excluding hydrogens is 359 g/mol. The number of rotatable bonds is 1. The van der Waals surface area contributed by atoms with Crippen LogP contribution in [0.15, 0.2) is 29.1 Å². The Morgan fingerprint density at radius 3 is 2.79 bits per heavy atom. The first-order chi connectivity index (χ1) is 6.66. The molecule has 2 heterocycles. The second-order valence-electron chi connectivity index (χ2n) is 2.67. The van der Waals surface area contributed by atoms with E-state index in [0.717, 1.165) is 8.04 Å². The minimum atomic E-state index is 0.596. The van der Waals surface area contributed by atoms with Crippen molar-refractivity contribution in [3.63, 3.8) is 0 Å². The molecule has 2 aromatic heterocycles. The number of hydrogen-bond donors (Lipinski definition) is 1. The van der Waals surface area contributed by atoms with Gasteiger partial charge >= 0.3 is 0 Å². The van der Waals surface area contributed by atoms with E-state index in [-0.39, 0.29) is 0 Å². The van der Waals surface area contributed by atoms with E-state index in [1.165, 1.54) is 0 Å². The maximum Gasteiger partial charge on any atom is 0.176 e. The van der Waals surface area contributed by atoms with Crippen molar-refractivity contribution in [3.8, 4) is 5.82 Å². The van der Waals surface area contributed by atoms with Crippen molar-refractivity contribution in [2.75, 3.05) is 5.73 Å². The maximum atomic E-state index is 5.81. The van der Waals surface area contributed by atoms with Crippen molar-refractivity contribution >= 4 is 44.2 Å². The fourth-order valence-electron chi connectivity index (χ4n) is 1.06. The molecule has 0 radical (unpaired) electrons. The molecule has 2 aromatic rings. The first-order valence-electron chi connectivity index (χ1n) is 3.78. The summed E-state index contributed by atoms with van der Waals surface area (Å²) >= 11 is 5.48. The van der Waals surface area contributed by atoms with Gasteiger partial charge < -0.3 is 5.73 Å². The van der Waals surface area contributed by atoms with Crippen LogP contribution in [0.2, 0.25) is 0 Å². The van der Waals surface area contributed by atoms with Crippen molar-refractivity contribution in [2.24, 2.45) is 0 Å². The number of aromatic nitrogens is 3. The molecule has 0 unspecified atom stereocenters. The number of nitrogen functional groups attached to an aromatic ring is 1. The standard InChI is InChI=1S/C8H6BrIN4/c9-5-1-7(11)8(12-2-5)14-4-6(10)3-13-14/h1-4H,11H2. The minimum Gasteiger partial charge on any atom is -0.396 e. The SMILES string of the molecule is Nc1cc(Br)cnc1-n1cc(I)cn1. The zero-order valence-electron chi connectivity index (χ0n) is 6.98. The van der Waals surface area contributed by atoms with Crippen LogP contribution in [-0.4, -0.2) is 14.8 Å². The summed E-state index contributed by atoms with van der Waals surface area (Å²) in [6.07, 6.45) is 5.32. The van der Waals surface area contributed by atoms with Gasteiger partial charge in [0.05, 0.1) is 15.5 Å². The normalized spacial score (nSPS) is 10.4. The molecular formula is C8H6BrIN4. The topological polar surface area (TPSA) is 56.7 Å². The minimum absolute atomic E-state index is 0.596. The van der Waals surface area contributed by atoms with Crippen LogP contribution >= 0.6 is 38.5 Å². The van der Waals surface area contributed by atoms with E-state index < -0.39 is 0 Å². The van der Waals surface area contributed by atoms with E-state index >= 15 is 0 Å². The molecule has 4 nitrogen and oxygen atoms in total. The lowest BCUT2D eigenvalue weighted by atomic mass is 10.4. The lowest BCUT2D eigenvalue weighted by molar-refractivity contribution is 0.849. The second kappa shape index (κ2) is 3.85. The van der Waals surface area contributed by atoms with Gasteiger partial charge in [-0.1, -0.05) is 0 Å². The number of pyridine rings is 1. The quantitative estimate of drug-likeness (QED) is 0.789. The fourth-order valence-corrected chi connectivity index (χ4v) is 1.79. The Morgan fingerprint density at radius 1 is 1.43 bits per heavy atom. The highest BCUT2D eigenvalue weighted by Crippen LogP contribution is 2.19. The summed E-state index contributed by atoms with van der Waals surface area (Å²) < 4.78 is 3.57. The summed E-state index contributed by atoms with van der Waals surface area (Å²) in [7, 11) is 0. The highest BCUT2D eigenvalue weighted by atomic mass is 127.